The lowest BCUT2D eigenvalue weighted by atomic mass is 10.0. The van der Waals surface area contributed by atoms with Crippen LogP contribution in [0.4, 0.5) is 0 Å². The van der Waals surface area contributed by atoms with E-state index in [1.807, 2.05) is 6.08 Å². The summed E-state index contributed by atoms with van der Waals surface area (Å²) in [6.07, 6.45) is 82.9. The zero-order valence-corrected chi connectivity index (χ0v) is 48.3. The third-order valence-corrected chi connectivity index (χ3v) is 15.8. The number of rotatable bonds is 62. The van der Waals surface area contributed by atoms with Crippen LogP contribution in [0.5, 0.6) is 0 Å². The highest BCUT2D eigenvalue weighted by atomic mass is 16.3. The topological polar surface area (TPSA) is 69.6 Å². The Morgan fingerprint density at radius 1 is 0.329 bits per heavy atom. The minimum Gasteiger partial charge on any atom is -0.394 e. The smallest absolute Gasteiger partial charge is 0.220 e. The van der Waals surface area contributed by atoms with Gasteiger partial charge in [-0.1, -0.05) is 373 Å². The summed E-state index contributed by atoms with van der Waals surface area (Å²) < 4.78 is 0. The van der Waals surface area contributed by atoms with E-state index in [1.165, 1.54) is 340 Å². The van der Waals surface area contributed by atoms with Crippen LogP contribution in [-0.2, 0) is 4.79 Å². The molecular formula is C66H131NO3. The van der Waals surface area contributed by atoms with Gasteiger partial charge in [-0.3, -0.25) is 4.79 Å². The molecule has 0 aromatic carbocycles. The first-order chi connectivity index (χ1) is 34.7. The number of aliphatic hydroxyl groups excluding tert-OH is 2. The summed E-state index contributed by atoms with van der Waals surface area (Å²) in [5, 5.41) is 23.2. The molecule has 418 valence electrons. The molecule has 3 N–H and O–H groups in total. The number of aliphatic hydroxyl groups is 2. The van der Waals surface area contributed by atoms with Gasteiger partial charge in [0.05, 0.1) is 18.8 Å². The first kappa shape index (κ1) is 69.1. The highest BCUT2D eigenvalue weighted by Crippen LogP contribution is 2.19. The van der Waals surface area contributed by atoms with Crippen LogP contribution in [0, 0.1) is 0 Å². The molecule has 2 unspecified atom stereocenters. The summed E-state index contributed by atoms with van der Waals surface area (Å²) in [7, 11) is 0. The highest BCUT2D eigenvalue weighted by Gasteiger charge is 2.18. The zero-order valence-electron chi connectivity index (χ0n) is 48.3. The van der Waals surface area contributed by atoms with Crippen molar-refractivity contribution < 1.29 is 15.0 Å². The minimum atomic E-state index is -0.836. The van der Waals surface area contributed by atoms with Gasteiger partial charge in [-0.05, 0) is 19.3 Å². The molecule has 0 saturated carbocycles. The molecule has 0 fully saturated rings. The third kappa shape index (κ3) is 58.0. The van der Waals surface area contributed by atoms with E-state index in [-0.39, 0.29) is 12.5 Å². The highest BCUT2D eigenvalue weighted by molar-refractivity contribution is 5.76. The Morgan fingerprint density at radius 2 is 0.529 bits per heavy atom. The predicted octanol–water partition coefficient (Wildman–Crippen LogP) is 22.0. The molecule has 4 nitrogen and oxygen atoms in total. The Balaban J connectivity index is 3.38. The molecule has 0 spiro atoms. The fourth-order valence-corrected chi connectivity index (χ4v) is 10.8. The number of hydrogen-bond donors (Lipinski definition) is 3. The van der Waals surface area contributed by atoms with E-state index < -0.39 is 12.1 Å². The molecule has 0 aliphatic rings. The molecule has 0 rings (SSSR count). The van der Waals surface area contributed by atoms with Crippen LogP contribution in [0.3, 0.4) is 0 Å². The van der Waals surface area contributed by atoms with Gasteiger partial charge in [0.2, 0.25) is 5.91 Å². The van der Waals surface area contributed by atoms with E-state index in [4.69, 9.17) is 0 Å². The Bertz CT molecular complexity index is 982. The second-order valence-electron chi connectivity index (χ2n) is 22.9. The largest absolute Gasteiger partial charge is 0.394 e. The van der Waals surface area contributed by atoms with Gasteiger partial charge in [0, 0.05) is 6.42 Å². The number of hydrogen-bond acceptors (Lipinski definition) is 3. The van der Waals surface area contributed by atoms with E-state index in [1.54, 1.807) is 6.08 Å². The second kappa shape index (κ2) is 62.4. The third-order valence-electron chi connectivity index (χ3n) is 15.8. The lowest BCUT2D eigenvalue weighted by molar-refractivity contribution is -0.123. The van der Waals surface area contributed by atoms with Crippen molar-refractivity contribution >= 4 is 5.91 Å². The number of carbonyl (C=O) groups is 1. The maximum Gasteiger partial charge on any atom is 0.220 e. The molecule has 2 atom stereocenters. The summed E-state index contributed by atoms with van der Waals surface area (Å²) in [6.45, 7) is 4.36. The summed E-state index contributed by atoms with van der Waals surface area (Å²) in [6, 6.07) is -0.619. The van der Waals surface area contributed by atoms with Crippen LogP contribution in [0.15, 0.2) is 12.2 Å². The van der Waals surface area contributed by atoms with Crippen LogP contribution < -0.4 is 5.32 Å². The van der Waals surface area contributed by atoms with Gasteiger partial charge in [0.25, 0.3) is 0 Å². The molecule has 4 heteroatoms. The fraction of sp³-hybridized carbons (Fsp3) is 0.955. The first-order valence-corrected chi connectivity index (χ1v) is 32.9. The van der Waals surface area contributed by atoms with Crippen LogP contribution in [0.25, 0.3) is 0 Å². The Labute approximate surface area is 441 Å². The maximum atomic E-state index is 12.5. The predicted molar refractivity (Wildman–Crippen MR) is 313 cm³/mol. The van der Waals surface area contributed by atoms with Crippen LogP contribution >= 0.6 is 0 Å². The van der Waals surface area contributed by atoms with Crippen molar-refractivity contribution in [2.75, 3.05) is 6.61 Å². The molecule has 70 heavy (non-hydrogen) atoms. The van der Waals surface area contributed by atoms with Gasteiger partial charge in [-0.2, -0.15) is 0 Å². The van der Waals surface area contributed by atoms with Crippen molar-refractivity contribution in [2.45, 2.75) is 398 Å². The second-order valence-corrected chi connectivity index (χ2v) is 22.9. The van der Waals surface area contributed by atoms with Gasteiger partial charge in [-0.25, -0.2) is 0 Å². The Morgan fingerprint density at radius 3 is 0.743 bits per heavy atom. The van der Waals surface area contributed by atoms with Gasteiger partial charge >= 0.3 is 0 Å². The number of amides is 1. The SMILES string of the molecule is CCCCCCCCCCCCCCCCCCCCCC/C=C/C(O)C(CO)NC(=O)CCCCCCCCCCCCCCCCCCCCCCCCCCCCCCCCCCCCCC. The lowest BCUT2D eigenvalue weighted by Gasteiger charge is -2.20. The van der Waals surface area contributed by atoms with Gasteiger partial charge in [-0.15, -0.1) is 0 Å². The molecule has 1 amide bonds. The quantitative estimate of drug-likeness (QED) is 0.0420. The van der Waals surface area contributed by atoms with Crippen molar-refractivity contribution in [3.63, 3.8) is 0 Å². The average molecular weight is 987 g/mol. The molecule has 0 saturated heterocycles. The number of nitrogens with one attached hydrogen (secondary N) is 1. The summed E-state index contributed by atoms with van der Waals surface area (Å²) in [5.74, 6) is -0.0539. The number of carbonyl (C=O) groups excluding carboxylic acids is 1. The standard InChI is InChI=1S/C66H131NO3/c1-3-5-7-9-11-13-15-17-19-21-23-25-27-28-29-30-31-32-33-34-35-36-37-38-39-40-42-44-46-48-50-52-54-56-58-60-62-66(70)67-64(63-68)65(69)61-59-57-55-53-51-49-47-45-43-41-26-24-22-20-18-16-14-12-10-8-6-4-2/h59,61,64-65,68-69H,3-58,60,62-63H2,1-2H3,(H,67,70)/b61-59+. The van der Waals surface area contributed by atoms with E-state index >= 15 is 0 Å². The van der Waals surface area contributed by atoms with Crippen molar-refractivity contribution in [3.05, 3.63) is 12.2 Å². The molecule has 0 aromatic heterocycles. The van der Waals surface area contributed by atoms with Crippen LogP contribution in [0.1, 0.15) is 386 Å². The lowest BCUT2D eigenvalue weighted by Crippen LogP contribution is -2.45. The fourth-order valence-electron chi connectivity index (χ4n) is 10.8. The van der Waals surface area contributed by atoms with Gasteiger partial charge in [0.15, 0.2) is 0 Å². The summed E-state index contributed by atoms with van der Waals surface area (Å²) in [4.78, 5) is 12.5. The van der Waals surface area contributed by atoms with Crippen LogP contribution in [-0.4, -0.2) is 34.9 Å². The van der Waals surface area contributed by atoms with Crippen molar-refractivity contribution in [2.24, 2.45) is 0 Å². The van der Waals surface area contributed by atoms with Crippen molar-refractivity contribution in [1.29, 1.82) is 0 Å². The first-order valence-electron chi connectivity index (χ1n) is 32.9. The molecular weight excluding hydrogens is 855 g/mol. The Hall–Kier alpha value is -0.870. The molecule has 0 aliphatic carbocycles. The number of allylic oxidation sites excluding steroid dienone is 1. The molecule has 0 aromatic rings. The van der Waals surface area contributed by atoms with Crippen LogP contribution in [0.2, 0.25) is 0 Å². The Kier molecular flexibility index (Phi) is 61.6. The van der Waals surface area contributed by atoms with E-state index in [0.717, 1.165) is 25.7 Å². The van der Waals surface area contributed by atoms with E-state index in [0.29, 0.717) is 6.42 Å². The maximum absolute atomic E-state index is 12.5. The van der Waals surface area contributed by atoms with Crippen molar-refractivity contribution in [1.82, 2.24) is 5.32 Å². The monoisotopic (exact) mass is 986 g/mol. The van der Waals surface area contributed by atoms with E-state index in [9.17, 15) is 15.0 Å². The summed E-state index contributed by atoms with van der Waals surface area (Å²) >= 11 is 0. The molecule has 0 bridgehead atoms. The summed E-state index contributed by atoms with van der Waals surface area (Å²) in [5.41, 5.74) is 0. The van der Waals surface area contributed by atoms with Gasteiger partial charge in [0.1, 0.15) is 0 Å². The minimum absolute atomic E-state index is 0.0539. The van der Waals surface area contributed by atoms with Gasteiger partial charge < -0.3 is 15.5 Å². The normalized spacial score (nSPS) is 12.7. The van der Waals surface area contributed by atoms with E-state index in [2.05, 4.69) is 19.2 Å². The zero-order chi connectivity index (χ0) is 50.6. The average Bonchev–Trinajstić information content (AvgIpc) is 3.36. The number of unbranched alkanes of at least 4 members (excludes halogenated alkanes) is 55. The molecule has 0 heterocycles. The molecule has 0 aliphatic heterocycles. The van der Waals surface area contributed by atoms with Crippen molar-refractivity contribution in [3.8, 4) is 0 Å². The molecule has 0 radical (unpaired) electrons.